The Hall–Kier alpha value is -1.56. The number of sulfone groups is 1. The molecule has 2 aromatic rings. The van der Waals surface area contributed by atoms with E-state index in [-0.39, 0.29) is 11.3 Å². The van der Waals surface area contributed by atoms with Crippen LogP contribution in [0.25, 0.3) is 5.65 Å². The Balaban J connectivity index is 2.15. The van der Waals surface area contributed by atoms with Crippen LogP contribution in [0.5, 0.6) is 0 Å². The summed E-state index contributed by atoms with van der Waals surface area (Å²) in [5.74, 6) is 0.238. The molecule has 6 heteroatoms. The van der Waals surface area contributed by atoms with Crippen molar-refractivity contribution in [1.82, 2.24) is 9.38 Å². The monoisotopic (exact) mass is 266 g/mol. The molecule has 0 amide bonds. The lowest BCUT2D eigenvalue weighted by atomic mass is 10.1. The first-order valence-electron chi connectivity index (χ1n) is 6.00. The van der Waals surface area contributed by atoms with Crippen LogP contribution in [0.3, 0.4) is 0 Å². The number of rotatable bonds is 1. The molecule has 1 unspecified atom stereocenters. The fourth-order valence-corrected chi connectivity index (χ4v) is 4.45. The van der Waals surface area contributed by atoms with E-state index >= 15 is 0 Å². The zero-order chi connectivity index (χ0) is 12.8. The van der Waals surface area contributed by atoms with Gasteiger partial charge in [-0.05, 0) is 18.9 Å². The lowest BCUT2D eigenvalue weighted by Crippen LogP contribution is -2.21. The molecule has 0 aromatic carbocycles. The van der Waals surface area contributed by atoms with Gasteiger partial charge in [0, 0.05) is 12.3 Å². The summed E-state index contributed by atoms with van der Waals surface area (Å²) >= 11 is 0. The Bertz CT molecular complexity index is 742. The van der Waals surface area contributed by atoms with Gasteiger partial charge in [0.1, 0.15) is 10.9 Å². The predicted octanol–water partition coefficient (Wildman–Crippen LogP) is 1.27. The van der Waals surface area contributed by atoms with Crippen LogP contribution in [0.4, 0.5) is 0 Å². The molecule has 18 heavy (non-hydrogen) atoms. The average Bonchev–Trinajstić information content (AvgIpc) is 2.73. The summed E-state index contributed by atoms with van der Waals surface area (Å²) < 4.78 is 25.5. The first kappa shape index (κ1) is 11.5. The Morgan fingerprint density at radius 1 is 1.28 bits per heavy atom. The number of aromatic amines is 1. The lowest BCUT2D eigenvalue weighted by molar-refractivity contribution is 0.543. The third-order valence-electron chi connectivity index (χ3n) is 3.46. The summed E-state index contributed by atoms with van der Waals surface area (Å²) in [4.78, 5) is 14.7. The third kappa shape index (κ3) is 1.77. The summed E-state index contributed by atoms with van der Waals surface area (Å²) in [5, 5.41) is -0.495. The standard InChI is InChI=1S/C12H14N2O3S/c15-12-6-3-5-11-13-9(8-14(11)12)10-4-1-2-7-18(10,16)17/h3,5-6,8,10,13H,1-2,4,7H2. The summed E-state index contributed by atoms with van der Waals surface area (Å²) in [5.41, 5.74) is 1.11. The molecule has 1 aliphatic rings. The molecule has 0 saturated carbocycles. The molecule has 0 spiro atoms. The van der Waals surface area contributed by atoms with Crippen molar-refractivity contribution in [3.8, 4) is 0 Å². The van der Waals surface area contributed by atoms with Gasteiger partial charge in [0.05, 0.1) is 11.4 Å². The highest BCUT2D eigenvalue weighted by Crippen LogP contribution is 2.32. The van der Waals surface area contributed by atoms with Crippen LogP contribution < -0.4 is 5.56 Å². The Morgan fingerprint density at radius 3 is 2.83 bits per heavy atom. The molecule has 3 heterocycles. The molecule has 0 bridgehead atoms. The molecule has 1 saturated heterocycles. The number of aromatic nitrogens is 2. The number of pyridine rings is 1. The Kier molecular flexibility index (Phi) is 2.55. The van der Waals surface area contributed by atoms with Crippen LogP contribution in [0.1, 0.15) is 30.2 Å². The molecule has 0 aliphatic carbocycles. The van der Waals surface area contributed by atoms with Crippen LogP contribution >= 0.6 is 0 Å². The van der Waals surface area contributed by atoms with Gasteiger partial charge in [0.2, 0.25) is 0 Å². The normalized spacial score (nSPS) is 23.2. The van der Waals surface area contributed by atoms with Crippen LogP contribution in [0, 0.1) is 0 Å². The lowest BCUT2D eigenvalue weighted by Gasteiger charge is -2.20. The minimum absolute atomic E-state index is 0.150. The van der Waals surface area contributed by atoms with Crippen molar-refractivity contribution in [2.75, 3.05) is 5.75 Å². The van der Waals surface area contributed by atoms with Crippen molar-refractivity contribution >= 4 is 15.5 Å². The molecule has 2 aromatic heterocycles. The molecular weight excluding hydrogens is 252 g/mol. The number of fused-ring (bicyclic) bond motifs is 1. The summed E-state index contributed by atoms with van der Waals surface area (Å²) in [7, 11) is -3.08. The van der Waals surface area contributed by atoms with E-state index in [2.05, 4.69) is 4.98 Å². The minimum Gasteiger partial charge on any atom is -0.342 e. The number of nitrogens with one attached hydrogen (secondary N) is 1. The van der Waals surface area contributed by atoms with E-state index in [0.29, 0.717) is 17.8 Å². The van der Waals surface area contributed by atoms with Gasteiger partial charge in [-0.3, -0.25) is 9.20 Å². The number of nitrogens with zero attached hydrogens (tertiary/aromatic N) is 1. The highest BCUT2D eigenvalue weighted by atomic mass is 32.2. The maximum absolute atomic E-state index is 12.0. The molecule has 1 atom stereocenters. The zero-order valence-corrected chi connectivity index (χ0v) is 10.6. The molecular formula is C12H14N2O3S. The number of imidazole rings is 1. The molecule has 1 fully saturated rings. The topological polar surface area (TPSA) is 71.4 Å². The maximum atomic E-state index is 12.0. The first-order chi connectivity index (χ1) is 8.58. The van der Waals surface area contributed by atoms with Crippen molar-refractivity contribution in [3.63, 3.8) is 0 Å². The van der Waals surface area contributed by atoms with Crippen molar-refractivity contribution in [3.05, 3.63) is 40.4 Å². The first-order valence-corrected chi connectivity index (χ1v) is 7.71. The van der Waals surface area contributed by atoms with E-state index in [4.69, 9.17) is 0 Å². The van der Waals surface area contributed by atoms with Crippen molar-refractivity contribution in [2.24, 2.45) is 0 Å². The zero-order valence-electron chi connectivity index (χ0n) is 9.80. The van der Waals surface area contributed by atoms with Crippen LogP contribution in [0.2, 0.25) is 0 Å². The number of hydrogen-bond acceptors (Lipinski definition) is 3. The van der Waals surface area contributed by atoms with Gasteiger partial charge in [0.15, 0.2) is 9.84 Å². The van der Waals surface area contributed by atoms with E-state index < -0.39 is 15.1 Å². The fraction of sp³-hybridized carbons (Fsp3) is 0.417. The van der Waals surface area contributed by atoms with E-state index in [9.17, 15) is 13.2 Å². The van der Waals surface area contributed by atoms with Gasteiger partial charge >= 0.3 is 0 Å². The van der Waals surface area contributed by atoms with Crippen LogP contribution in [0.15, 0.2) is 29.2 Å². The molecule has 0 radical (unpaired) electrons. The van der Waals surface area contributed by atoms with E-state index in [0.717, 1.165) is 12.8 Å². The summed E-state index contributed by atoms with van der Waals surface area (Å²) in [6.07, 6.45) is 3.89. The Labute approximate surface area is 104 Å². The van der Waals surface area contributed by atoms with Crippen molar-refractivity contribution < 1.29 is 8.42 Å². The molecule has 3 rings (SSSR count). The van der Waals surface area contributed by atoms with Gasteiger partial charge in [-0.15, -0.1) is 0 Å². The summed E-state index contributed by atoms with van der Waals surface area (Å²) in [6, 6.07) is 4.88. The third-order valence-corrected chi connectivity index (χ3v) is 5.67. The Morgan fingerprint density at radius 2 is 2.11 bits per heavy atom. The van der Waals surface area contributed by atoms with Crippen molar-refractivity contribution in [2.45, 2.75) is 24.5 Å². The van der Waals surface area contributed by atoms with Gasteiger partial charge in [-0.1, -0.05) is 12.5 Å². The van der Waals surface area contributed by atoms with Gasteiger partial charge < -0.3 is 4.98 Å². The second-order valence-electron chi connectivity index (χ2n) is 4.68. The SMILES string of the molecule is O=c1cccc2[nH]c(C3CCCCS3(=O)=O)cn12. The van der Waals surface area contributed by atoms with E-state index in [1.54, 1.807) is 18.3 Å². The van der Waals surface area contributed by atoms with Crippen molar-refractivity contribution in [1.29, 1.82) is 0 Å². The molecule has 96 valence electrons. The second kappa shape index (κ2) is 3.98. The number of H-pyrrole nitrogens is 1. The predicted molar refractivity (Wildman–Crippen MR) is 68.4 cm³/mol. The van der Waals surface area contributed by atoms with Gasteiger partial charge in [0.25, 0.3) is 5.56 Å². The highest BCUT2D eigenvalue weighted by Gasteiger charge is 2.31. The van der Waals surface area contributed by atoms with Crippen LogP contribution in [-0.4, -0.2) is 23.6 Å². The second-order valence-corrected chi connectivity index (χ2v) is 6.98. The smallest absolute Gasteiger partial charge is 0.256 e. The number of hydrogen-bond donors (Lipinski definition) is 1. The molecule has 5 nitrogen and oxygen atoms in total. The summed E-state index contributed by atoms with van der Waals surface area (Å²) in [6.45, 7) is 0. The quantitative estimate of drug-likeness (QED) is 0.844. The van der Waals surface area contributed by atoms with E-state index in [1.165, 1.54) is 10.5 Å². The largest absolute Gasteiger partial charge is 0.342 e. The molecule has 1 aliphatic heterocycles. The maximum Gasteiger partial charge on any atom is 0.256 e. The van der Waals surface area contributed by atoms with Gasteiger partial charge in [-0.25, -0.2) is 8.42 Å². The van der Waals surface area contributed by atoms with Crippen LogP contribution in [-0.2, 0) is 9.84 Å². The van der Waals surface area contributed by atoms with Gasteiger partial charge in [-0.2, -0.15) is 0 Å². The highest BCUT2D eigenvalue weighted by molar-refractivity contribution is 7.91. The fourth-order valence-electron chi connectivity index (χ4n) is 2.52. The minimum atomic E-state index is -3.08. The molecule has 1 N–H and O–H groups in total. The van der Waals surface area contributed by atoms with E-state index in [1.807, 2.05) is 0 Å². The average molecular weight is 266 g/mol.